The van der Waals surface area contributed by atoms with Crippen LogP contribution in [0.15, 0.2) is 147 Å². The minimum Gasteiger partial charge on any atom is -0.351 e. The molecule has 0 aliphatic rings. The second kappa shape index (κ2) is 26.4. The number of sulfonamides is 3. The zero-order chi connectivity index (χ0) is 49.6. The molecule has 0 aliphatic carbocycles. The van der Waals surface area contributed by atoms with Crippen LogP contribution < -0.4 is 11.1 Å². The molecule has 0 aliphatic heterocycles. The number of carbonyl (C=O) groups is 1. The van der Waals surface area contributed by atoms with Gasteiger partial charge in [0.15, 0.2) is 0 Å². The van der Waals surface area contributed by atoms with E-state index in [0.29, 0.717) is 20.8 Å². The number of nitrogens with zero attached hydrogens (tertiary/aromatic N) is 4. The number of sulfone groups is 1. The Morgan fingerprint density at radius 2 is 1.19 bits per heavy atom. The molecule has 0 unspecified atom stereocenters. The predicted molar refractivity (Wildman–Crippen MR) is 275 cm³/mol. The number of halogens is 1. The molecule has 0 radical (unpaired) electrons. The van der Waals surface area contributed by atoms with Crippen LogP contribution in [0.1, 0.15) is 24.1 Å². The van der Waals surface area contributed by atoms with Crippen LogP contribution in [-0.4, -0.2) is 94.8 Å². The molecule has 364 valence electrons. The highest BCUT2D eigenvalue weighted by Gasteiger charge is 2.24. The third-order valence-electron chi connectivity index (χ3n) is 8.21. The molecule has 3 aromatic carbocycles. The molecule has 0 fully saturated rings. The molecule has 3 aromatic heterocycles. The van der Waals surface area contributed by atoms with E-state index >= 15 is 0 Å². The van der Waals surface area contributed by atoms with E-state index in [1.54, 1.807) is 65.9 Å². The molecule has 6 aromatic rings. The third-order valence-corrected chi connectivity index (χ3v) is 20.6. The van der Waals surface area contributed by atoms with Gasteiger partial charge in [0.2, 0.25) is 50.8 Å². The van der Waals surface area contributed by atoms with Crippen molar-refractivity contribution in [1.29, 1.82) is 0 Å². The van der Waals surface area contributed by atoms with Crippen molar-refractivity contribution in [3.63, 3.8) is 0 Å². The molecule has 0 saturated heterocycles. The van der Waals surface area contributed by atoms with Crippen LogP contribution >= 0.6 is 70.0 Å². The summed E-state index contributed by atoms with van der Waals surface area (Å²) in [4.78, 5) is 17.8. The Balaban J connectivity index is 0.000000325. The summed E-state index contributed by atoms with van der Waals surface area (Å²) in [6, 6.07) is 29.2. The number of thiol groups is 1. The fourth-order valence-corrected chi connectivity index (χ4v) is 13.7. The molecule has 67 heavy (non-hydrogen) atoms. The van der Waals surface area contributed by atoms with Crippen molar-refractivity contribution >= 4 is 121 Å². The normalized spacial score (nSPS) is 11.5. The first-order valence-corrected chi connectivity index (χ1v) is 28.6. The number of amides is 1. The van der Waals surface area contributed by atoms with Crippen molar-refractivity contribution in [3.05, 3.63) is 135 Å². The van der Waals surface area contributed by atoms with Gasteiger partial charge in [-0.15, -0.1) is 46.6 Å². The van der Waals surface area contributed by atoms with Crippen LogP contribution in [0.2, 0.25) is 4.34 Å². The summed E-state index contributed by atoms with van der Waals surface area (Å²) in [6.07, 6.45) is 0. The third kappa shape index (κ3) is 17.4. The van der Waals surface area contributed by atoms with E-state index < -0.39 is 39.9 Å². The number of rotatable bonds is 13. The quantitative estimate of drug-likeness (QED) is 0.0736. The molecule has 15 nitrogen and oxygen atoms in total. The van der Waals surface area contributed by atoms with Crippen molar-refractivity contribution in [2.24, 2.45) is 5.73 Å². The number of benzene rings is 3. The maximum Gasteiger partial charge on any atom is 0.242 e. The van der Waals surface area contributed by atoms with Crippen molar-refractivity contribution in [2.75, 3.05) is 42.3 Å². The number of thiophene rings is 3. The molecule has 6 rings (SSSR count). The molecule has 1 amide bonds. The summed E-state index contributed by atoms with van der Waals surface area (Å²) in [7, 11) is -5.37. The Morgan fingerprint density at radius 3 is 1.66 bits per heavy atom. The minimum atomic E-state index is -3.76. The van der Waals surface area contributed by atoms with Crippen molar-refractivity contribution in [2.45, 2.75) is 65.2 Å². The second-order valence-corrected chi connectivity index (χ2v) is 28.2. The van der Waals surface area contributed by atoms with Gasteiger partial charge in [0.05, 0.1) is 41.2 Å². The summed E-state index contributed by atoms with van der Waals surface area (Å²) in [5.41, 5.74) is 5.49. The number of nitrogens with two attached hydrogens (primary N) is 1. The predicted octanol–water partition coefficient (Wildman–Crippen LogP) is 8.89. The summed E-state index contributed by atoms with van der Waals surface area (Å²) >= 11 is 15.1. The maximum atomic E-state index is 12.6. The standard InChI is InChI=1S/C15H18N2O3S3.C13H16N2O4S3.C8H11NO2S2.C5H2ClNS.CH4/c1-11(18)16-10-13-7-8-15(22-13)21-12-5-4-6-14(9-12)23(19,20)17(2)3;1-15(2)22(18,19)12-5-3-4-11(8-12)21(16,17)13-7-6-10(9-14)20-13;1-9(2)13(10,11)8-5-3-4-7(12)6-8;1-7-5-3-2-4(6)8-5;/h4-9H,10H2,1-3H3,(H,16,18);3-8H,9,14H2,1-2H3;3-6,12H,1-2H3;2-3H;1H4. The Kier molecular flexibility index (Phi) is 23.4. The average Bonchev–Trinajstić information content (AvgIpc) is 4.05. The highest BCUT2D eigenvalue weighted by atomic mass is 35.5. The topological polar surface area (TPSA) is 206 Å². The number of nitrogens with one attached hydrogen (secondary N) is 1. The fraction of sp³-hybridized carbons (Fsp3) is 0.238. The van der Waals surface area contributed by atoms with Gasteiger partial charge < -0.3 is 11.1 Å². The van der Waals surface area contributed by atoms with Crippen LogP contribution in [0.5, 0.6) is 0 Å². The lowest BCUT2D eigenvalue weighted by atomic mass is 10.4. The average molecular weight is 1110 g/mol. The molecule has 0 bridgehead atoms. The Bertz CT molecular complexity index is 3090. The van der Waals surface area contributed by atoms with E-state index in [2.05, 4.69) is 22.8 Å². The molecule has 3 heterocycles. The molecular formula is C42H51ClN6O9S9. The molecule has 0 atom stereocenters. The Hall–Kier alpha value is -3.65. The summed E-state index contributed by atoms with van der Waals surface area (Å²) in [5.74, 6) is -0.0609. The zero-order valence-corrected chi connectivity index (χ0v) is 44.6. The first-order valence-electron chi connectivity index (χ1n) is 18.7. The highest BCUT2D eigenvalue weighted by molar-refractivity contribution is 8.01. The van der Waals surface area contributed by atoms with E-state index in [-0.39, 0.29) is 43.7 Å². The fourth-order valence-electron chi connectivity index (χ4n) is 4.71. The van der Waals surface area contributed by atoms with Crippen molar-refractivity contribution in [3.8, 4) is 0 Å². The molecule has 25 heteroatoms. The van der Waals surface area contributed by atoms with Crippen LogP contribution in [0.3, 0.4) is 0 Å². The van der Waals surface area contributed by atoms with Gasteiger partial charge in [0, 0.05) is 75.3 Å². The largest absolute Gasteiger partial charge is 0.351 e. The van der Waals surface area contributed by atoms with Gasteiger partial charge in [-0.25, -0.2) is 51.4 Å². The lowest BCUT2D eigenvalue weighted by Gasteiger charge is -2.12. The highest BCUT2D eigenvalue weighted by Crippen LogP contribution is 2.35. The molecule has 0 saturated carbocycles. The van der Waals surface area contributed by atoms with Gasteiger partial charge in [-0.3, -0.25) is 4.79 Å². The molecular weight excluding hydrogens is 1060 g/mol. The Morgan fingerprint density at radius 1 is 0.687 bits per heavy atom. The van der Waals surface area contributed by atoms with Gasteiger partial charge in [-0.2, -0.15) is 0 Å². The lowest BCUT2D eigenvalue weighted by molar-refractivity contribution is -0.119. The minimum absolute atomic E-state index is 0. The van der Waals surface area contributed by atoms with Crippen molar-refractivity contribution in [1.82, 2.24) is 18.2 Å². The summed E-state index contributed by atoms with van der Waals surface area (Å²) in [5, 5.41) is 3.41. The van der Waals surface area contributed by atoms with Gasteiger partial charge in [-0.05, 0) is 91.0 Å². The van der Waals surface area contributed by atoms with E-state index in [0.717, 1.165) is 34.5 Å². The van der Waals surface area contributed by atoms with E-state index in [1.807, 2.05) is 18.2 Å². The molecule has 3 N–H and O–H groups in total. The second-order valence-electron chi connectivity index (χ2n) is 13.7. The molecule has 0 spiro atoms. The summed E-state index contributed by atoms with van der Waals surface area (Å²) in [6.45, 7) is 8.79. The van der Waals surface area contributed by atoms with Crippen LogP contribution in [0.25, 0.3) is 4.85 Å². The first kappa shape index (κ1) is 59.5. The maximum absolute atomic E-state index is 12.6. The number of hydrogen-bond donors (Lipinski definition) is 3. The Labute approximate surface area is 421 Å². The van der Waals surface area contributed by atoms with Gasteiger partial charge in [0.25, 0.3) is 0 Å². The number of carbonyl (C=O) groups excluding carboxylic acids is 1. The number of hydrogen-bond acceptors (Lipinski definition) is 15. The van der Waals surface area contributed by atoms with E-state index in [4.69, 9.17) is 23.9 Å². The van der Waals surface area contributed by atoms with Gasteiger partial charge in [0.1, 0.15) is 4.21 Å². The SMILES string of the molecule is C.CC(=O)NCc1ccc(Sc2cccc(S(=O)(=O)N(C)C)c2)s1.CN(C)S(=O)(=O)c1cccc(S(=O)(=O)c2ccc(CN)s2)c1.CN(C)S(=O)(=O)c1cccc(S)c1.[C-]#[N+]c1ccc(Cl)s1. The van der Waals surface area contributed by atoms with Gasteiger partial charge >= 0.3 is 0 Å². The van der Waals surface area contributed by atoms with Crippen LogP contribution in [-0.2, 0) is 57.8 Å². The van der Waals surface area contributed by atoms with E-state index in [1.165, 1.54) is 117 Å². The first-order chi connectivity index (χ1) is 30.7. The van der Waals surface area contributed by atoms with Crippen LogP contribution in [0.4, 0.5) is 5.00 Å². The van der Waals surface area contributed by atoms with Crippen molar-refractivity contribution < 1.29 is 38.5 Å². The zero-order valence-electron chi connectivity index (χ0n) is 36.4. The lowest BCUT2D eigenvalue weighted by Crippen LogP contribution is -2.22. The van der Waals surface area contributed by atoms with Crippen LogP contribution in [0, 0.1) is 6.57 Å². The van der Waals surface area contributed by atoms with E-state index in [9.17, 15) is 38.5 Å². The van der Waals surface area contributed by atoms with Gasteiger partial charge in [-0.1, -0.05) is 49.0 Å². The smallest absolute Gasteiger partial charge is 0.242 e. The monoisotopic (exact) mass is 1110 g/mol. The summed E-state index contributed by atoms with van der Waals surface area (Å²) < 4.78 is 102.